The van der Waals surface area contributed by atoms with Crippen molar-refractivity contribution >= 4 is 0 Å². The normalized spacial score (nSPS) is 23.4. The first-order valence-corrected chi connectivity index (χ1v) is 9.32. The molecule has 0 aromatic rings. The Balaban J connectivity index is 1.80. The fraction of sp³-hybridized carbons (Fsp3) is 1.00. The molecule has 1 heterocycles. The largest absolute Gasteiger partial charge is 0.313 e. The van der Waals surface area contributed by atoms with Gasteiger partial charge < -0.3 is 10.2 Å². The minimum atomic E-state index is 0.487. The molecule has 0 amide bonds. The zero-order valence-corrected chi connectivity index (χ0v) is 14.8. The van der Waals surface area contributed by atoms with Crippen molar-refractivity contribution in [3.63, 3.8) is 0 Å². The van der Waals surface area contributed by atoms with Gasteiger partial charge in [-0.2, -0.15) is 0 Å². The third kappa shape index (κ3) is 4.94. The van der Waals surface area contributed by atoms with Crippen molar-refractivity contribution in [1.29, 1.82) is 0 Å². The van der Waals surface area contributed by atoms with E-state index < -0.39 is 0 Å². The molecule has 2 fully saturated rings. The summed E-state index contributed by atoms with van der Waals surface area (Å²) in [6, 6.07) is 1.59. The lowest BCUT2D eigenvalue weighted by atomic mass is 9.81. The summed E-state index contributed by atoms with van der Waals surface area (Å²) < 4.78 is 0. The van der Waals surface area contributed by atoms with E-state index in [1.807, 2.05) is 0 Å². The summed E-state index contributed by atoms with van der Waals surface area (Å²) in [5.74, 6) is 0. The van der Waals surface area contributed by atoms with Crippen LogP contribution in [0.5, 0.6) is 0 Å². The van der Waals surface area contributed by atoms with Crippen LogP contribution in [0.15, 0.2) is 0 Å². The second-order valence-electron chi connectivity index (χ2n) is 7.43. The van der Waals surface area contributed by atoms with Crippen molar-refractivity contribution in [2.45, 2.75) is 71.9 Å². The molecular weight excluding hydrogens is 258 g/mol. The zero-order valence-electron chi connectivity index (χ0n) is 14.8. The summed E-state index contributed by atoms with van der Waals surface area (Å²) >= 11 is 0. The molecule has 1 saturated heterocycles. The number of hydrogen-bond acceptors (Lipinski definition) is 3. The van der Waals surface area contributed by atoms with Gasteiger partial charge in [-0.3, -0.25) is 4.90 Å². The van der Waals surface area contributed by atoms with Gasteiger partial charge in [0.2, 0.25) is 0 Å². The summed E-state index contributed by atoms with van der Waals surface area (Å²) in [6.07, 6.45) is 6.68. The SMILES string of the molecule is CCC(C)N1CCN(CC(CC)(CC)CNC2CC2)CC1. The lowest BCUT2D eigenvalue weighted by Crippen LogP contribution is -2.53. The lowest BCUT2D eigenvalue weighted by Gasteiger charge is -2.43. The van der Waals surface area contributed by atoms with E-state index in [2.05, 4.69) is 42.8 Å². The number of piperazine rings is 1. The van der Waals surface area contributed by atoms with Crippen molar-refractivity contribution in [2.75, 3.05) is 39.3 Å². The maximum Gasteiger partial charge on any atom is 0.0113 e. The Kier molecular flexibility index (Phi) is 6.51. The Hall–Kier alpha value is -0.120. The Morgan fingerprint density at radius 1 is 1.05 bits per heavy atom. The second-order valence-corrected chi connectivity index (χ2v) is 7.43. The molecule has 0 spiro atoms. The van der Waals surface area contributed by atoms with Crippen molar-refractivity contribution in [3.8, 4) is 0 Å². The highest BCUT2D eigenvalue weighted by atomic mass is 15.3. The van der Waals surface area contributed by atoms with Crippen LogP contribution >= 0.6 is 0 Å². The maximum absolute atomic E-state index is 3.79. The van der Waals surface area contributed by atoms with E-state index in [1.54, 1.807) is 0 Å². The fourth-order valence-corrected chi connectivity index (χ4v) is 3.52. The average molecular weight is 296 g/mol. The van der Waals surface area contributed by atoms with Gasteiger partial charge >= 0.3 is 0 Å². The topological polar surface area (TPSA) is 18.5 Å². The number of hydrogen-bond donors (Lipinski definition) is 1. The molecule has 124 valence electrons. The van der Waals surface area contributed by atoms with Crippen LogP contribution in [0.3, 0.4) is 0 Å². The van der Waals surface area contributed by atoms with Crippen molar-refractivity contribution < 1.29 is 0 Å². The second kappa shape index (κ2) is 7.94. The van der Waals surface area contributed by atoms with Crippen LogP contribution in [-0.4, -0.2) is 61.2 Å². The molecule has 1 unspecified atom stereocenters. The Morgan fingerprint density at radius 3 is 2.14 bits per heavy atom. The first-order valence-electron chi connectivity index (χ1n) is 9.32. The van der Waals surface area contributed by atoms with E-state index in [0.717, 1.165) is 12.1 Å². The summed E-state index contributed by atoms with van der Waals surface area (Å²) in [6.45, 7) is 17.0. The first kappa shape index (κ1) is 17.2. The molecular formula is C18H37N3. The Morgan fingerprint density at radius 2 is 1.67 bits per heavy atom. The molecule has 0 radical (unpaired) electrons. The van der Waals surface area contributed by atoms with E-state index in [0.29, 0.717) is 5.41 Å². The van der Waals surface area contributed by atoms with Crippen LogP contribution in [-0.2, 0) is 0 Å². The lowest BCUT2D eigenvalue weighted by molar-refractivity contribution is 0.0612. The van der Waals surface area contributed by atoms with Crippen LogP contribution in [0.25, 0.3) is 0 Å². The molecule has 21 heavy (non-hydrogen) atoms. The summed E-state index contributed by atoms with van der Waals surface area (Å²) in [5, 5.41) is 3.79. The highest BCUT2D eigenvalue weighted by molar-refractivity contribution is 4.89. The van der Waals surface area contributed by atoms with Crippen LogP contribution in [0.4, 0.5) is 0 Å². The quantitative estimate of drug-likeness (QED) is 0.705. The van der Waals surface area contributed by atoms with Crippen LogP contribution in [0.2, 0.25) is 0 Å². The molecule has 3 nitrogen and oxygen atoms in total. The molecule has 1 aliphatic heterocycles. The van der Waals surface area contributed by atoms with Crippen LogP contribution in [0.1, 0.15) is 59.8 Å². The highest BCUT2D eigenvalue weighted by Gasteiger charge is 2.32. The molecule has 0 bridgehead atoms. The first-order chi connectivity index (χ1) is 10.1. The van der Waals surface area contributed by atoms with Gasteiger partial charge in [-0.15, -0.1) is 0 Å². The standard InChI is InChI=1S/C18H37N3/c1-5-16(4)21-12-10-20(11-13-21)15-18(6-2,7-3)14-19-17-8-9-17/h16-17,19H,5-15H2,1-4H3. The van der Waals surface area contributed by atoms with Gasteiger partial charge in [0, 0.05) is 51.4 Å². The van der Waals surface area contributed by atoms with Gasteiger partial charge in [0.25, 0.3) is 0 Å². The van der Waals surface area contributed by atoms with Gasteiger partial charge in [0.05, 0.1) is 0 Å². The Bertz CT molecular complexity index is 289. The van der Waals surface area contributed by atoms with E-state index in [-0.39, 0.29) is 0 Å². The van der Waals surface area contributed by atoms with Crippen molar-refractivity contribution in [2.24, 2.45) is 5.41 Å². The van der Waals surface area contributed by atoms with Gasteiger partial charge in [0.1, 0.15) is 0 Å². The number of nitrogens with zero attached hydrogens (tertiary/aromatic N) is 2. The average Bonchev–Trinajstić information content (AvgIpc) is 3.36. The van der Waals surface area contributed by atoms with Gasteiger partial charge in [-0.25, -0.2) is 0 Å². The van der Waals surface area contributed by atoms with Crippen LogP contribution in [0, 0.1) is 5.41 Å². The molecule has 1 saturated carbocycles. The van der Waals surface area contributed by atoms with Gasteiger partial charge in [-0.05, 0) is 44.4 Å². The van der Waals surface area contributed by atoms with Crippen molar-refractivity contribution in [3.05, 3.63) is 0 Å². The van der Waals surface area contributed by atoms with E-state index in [9.17, 15) is 0 Å². The Labute approximate surface area is 132 Å². The maximum atomic E-state index is 3.79. The summed E-state index contributed by atoms with van der Waals surface area (Å²) in [4.78, 5) is 5.39. The monoisotopic (exact) mass is 295 g/mol. The predicted molar refractivity (Wildman–Crippen MR) is 91.8 cm³/mol. The van der Waals surface area contributed by atoms with E-state index >= 15 is 0 Å². The van der Waals surface area contributed by atoms with E-state index in [4.69, 9.17) is 0 Å². The molecule has 2 aliphatic rings. The minimum Gasteiger partial charge on any atom is -0.313 e. The zero-order chi connectivity index (χ0) is 15.3. The molecule has 0 aromatic heterocycles. The molecule has 1 atom stereocenters. The summed E-state index contributed by atoms with van der Waals surface area (Å²) in [7, 11) is 0. The highest BCUT2D eigenvalue weighted by Crippen LogP contribution is 2.29. The van der Waals surface area contributed by atoms with Gasteiger partial charge in [-0.1, -0.05) is 20.8 Å². The minimum absolute atomic E-state index is 0.487. The molecule has 0 aromatic carbocycles. The summed E-state index contributed by atoms with van der Waals surface area (Å²) in [5.41, 5.74) is 0.487. The van der Waals surface area contributed by atoms with E-state index in [1.165, 1.54) is 71.4 Å². The molecule has 3 heteroatoms. The smallest absolute Gasteiger partial charge is 0.0113 e. The fourth-order valence-electron chi connectivity index (χ4n) is 3.52. The molecule has 1 aliphatic carbocycles. The number of rotatable bonds is 9. The third-order valence-corrected chi connectivity index (χ3v) is 6.02. The van der Waals surface area contributed by atoms with Crippen LogP contribution < -0.4 is 5.32 Å². The predicted octanol–water partition coefficient (Wildman–Crippen LogP) is 2.96. The molecule has 1 N–H and O–H groups in total. The number of nitrogens with one attached hydrogen (secondary N) is 1. The van der Waals surface area contributed by atoms with Crippen molar-refractivity contribution in [1.82, 2.24) is 15.1 Å². The van der Waals surface area contributed by atoms with Gasteiger partial charge in [0.15, 0.2) is 0 Å². The molecule has 2 rings (SSSR count). The third-order valence-electron chi connectivity index (χ3n) is 6.02.